The number of carbonyl (C=O) groups is 1. The first-order chi connectivity index (χ1) is 10.7. The molecular weight excluding hydrogens is 280 g/mol. The summed E-state index contributed by atoms with van der Waals surface area (Å²) >= 11 is 0. The Morgan fingerprint density at radius 1 is 1.50 bits per heavy atom. The topological polar surface area (TPSA) is 50.8 Å². The molecule has 2 heterocycles. The zero-order chi connectivity index (χ0) is 15.4. The number of rotatable bonds is 5. The summed E-state index contributed by atoms with van der Waals surface area (Å²) < 4.78 is 11.3. The summed E-state index contributed by atoms with van der Waals surface area (Å²) in [4.78, 5) is 14.3. The smallest absolute Gasteiger partial charge is 0.258 e. The molecule has 0 aromatic heterocycles. The molecule has 2 aliphatic heterocycles. The summed E-state index contributed by atoms with van der Waals surface area (Å²) in [5, 5.41) is 2.90. The fourth-order valence-electron chi connectivity index (χ4n) is 3.14. The first-order valence-corrected chi connectivity index (χ1v) is 8.02. The van der Waals surface area contributed by atoms with Crippen LogP contribution in [0.3, 0.4) is 0 Å². The zero-order valence-electron chi connectivity index (χ0n) is 13.1. The van der Waals surface area contributed by atoms with Crippen molar-refractivity contribution in [3.05, 3.63) is 29.8 Å². The molecule has 0 bridgehead atoms. The molecule has 1 N–H and O–H groups in total. The van der Waals surface area contributed by atoms with Crippen molar-refractivity contribution in [1.82, 2.24) is 10.2 Å². The largest absolute Gasteiger partial charge is 0.484 e. The molecule has 3 rings (SSSR count). The van der Waals surface area contributed by atoms with Gasteiger partial charge in [-0.1, -0.05) is 12.1 Å². The van der Waals surface area contributed by atoms with Crippen LogP contribution >= 0.6 is 0 Å². The van der Waals surface area contributed by atoms with Crippen LogP contribution in [0.15, 0.2) is 24.3 Å². The average molecular weight is 304 g/mol. The van der Waals surface area contributed by atoms with E-state index in [9.17, 15) is 4.79 Å². The number of nitrogens with one attached hydrogen (secondary N) is 1. The Balaban J connectivity index is 1.37. The van der Waals surface area contributed by atoms with Crippen LogP contribution in [0.25, 0.3) is 0 Å². The van der Waals surface area contributed by atoms with Gasteiger partial charge in [-0.15, -0.1) is 0 Å². The van der Waals surface area contributed by atoms with Crippen LogP contribution in [0.5, 0.6) is 5.75 Å². The standard InChI is InChI=1S/C17H24N2O3/c1-13-4-2-6-15(8-13)22-12-17(20)18-9-16-10-19-7-3-5-14(19)11-21-16/h2,4,6,8,14,16H,3,5,7,9-12H2,1H3,(H,18,20)/t14-,16+/m1/s1. The summed E-state index contributed by atoms with van der Waals surface area (Å²) in [6, 6.07) is 8.30. The molecule has 5 nitrogen and oxygen atoms in total. The summed E-state index contributed by atoms with van der Waals surface area (Å²) in [6.07, 6.45) is 2.60. The van der Waals surface area contributed by atoms with E-state index >= 15 is 0 Å². The van der Waals surface area contributed by atoms with Gasteiger partial charge in [0.1, 0.15) is 5.75 Å². The normalized spacial score (nSPS) is 24.8. The summed E-state index contributed by atoms with van der Waals surface area (Å²) in [6.45, 7) is 5.47. The number of aryl methyl sites for hydroxylation is 1. The van der Waals surface area contributed by atoms with Crippen LogP contribution in [-0.2, 0) is 9.53 Å². The Morgan fingerprint density at radius 2 is 2.41 bits per heavy atom. The van der Waals surface area contributed by atoms with E-state index in [0.29, 0.717) is 12.6 Å². The van der Waals surface area contributed by atoms with Gasteiger partial charge < -0.3 is 14.8 Å². The molecule has 22 heavy (non-hydrogen) atoms. The molecule has 2 aliphatic rings. The number of benzene rings is 1. The molecule has 1 aromatic rings. The summed E-state index contributed by atoms with van der Waals surface area (Å²) in [5.41, 5.74) is 1.12. The lowest BCUT2D eigenvalue weighted by Gasteiger charge is -2.35. The van der Waals surface area contributed by atoms with E-state index in [1.165, 1.54) is 12.8 Å². The number of amides is 1. The van der Waals surface area contributed by atoms with Gasteiger partial charge in [-0.2, -0.15) is 0 Å². The predicted molar refractivity (Wildman–Crippen MR) is 84.0 cm³/mol. The molecule has 0 aliphatic carbocycles. The molecule has 0 unspecified atom stereocenters. The number of nitrogens with zero attached hydrogens (tertiary/aromatic N) is 1. The van der Waals surface area contributed by atoms with E-state index in [1.807, 2.05) is 31.2 Å². The Labute approximate surface area is 131 Å². The molecule has 120 valence electrons. The van der Waals surface area contributed by atoms with Crippen molar-refractivity contribution in [3.8, 4) is 5.75 Å². The summed E-state index contributed by atoms with van der Waals surface area (Å²) in [5.74, 6) is 0.623. The first kappa shape index (κ1) is 15.3. The summed E-state index contributed by atoms with van der Waals surface area (Å²) in [7, 11) is 0. The van der Waals surface area contributed by atoms with Crippen molar-refractivity contribution >= 4 is 5.91 Å². The highest BCUT2D eigenvalue weighted by atomic mass is 16.5. The fraction of sp³-hybridized carbons (Fsp3) is 0.588. The maximum Gasteiger partial charge on any atom is 0.258 e. The van der Waals surface area contributed by atoms with Gasteiger partial charge in [0.05, 0.1) is 12.7 Å². The minimum absolute atomic E-state index is 0.0442. The lowest BCUT2D eigenvalue weighted by atomic mass is 10.2. The third-order valence-corrected chi connectivity index (χ3v) is 4.35. The van der Waals surface area contributed by atoms with Gasteiger partial charge in [-0.25, -0.2) is 0 Å². The monoisotopic (exact) mass is 304 g/mol. The van der Waals surface area contributed by atoms with E-state index in [0.717, 1.165) is 31.0 Å². The molecule has 2 saturated heterocycles. The first-order valence-electron chi connectivity index (χ1n) is 8.02. The van der Waals surface area contributed by atoms with Crippen LogP contribution in [0, 0.1) is 6.92 Å². The molecule has 5 heteroatoms. The van der Waals surface area contributed by atoms with Gasteiger partial charge in [-0.05, 0) is 44.0 Å². The second-order valence-corrected chi connectivity index (χ2v) is 6.16. The van der Waals surface area contributed by atoms with Crippen molar-refractivity contribution in [3.63, 3.8) is 0 Å². The lowest BCUT2D eigenvalue weighted by Crippen LogP contribution is -2.50. The van der Waals surface area contributed by atoms with E-state index in [4.69, 9.17) is 9.47 Å². The second-order valence-electron chi connectivity index (χ2n) is 6.16. The van der Waals surface area contributed by atoms with Crippen molar-refractivity contribution in [2.24, 2.45) is 0 Å². The highest BCUT2D eigenvalue weighted by Crippen LogP contribution is 2.22. The Bertz CT molecular complexity index is 520. The SMILES string of the molecule is Cc1cccc(OCC(=O)NC[C@H]2CN3CCC[C@@H]3CO2)c1. The Kier molecular flexibility index (Phi) is 4.95. The van der Waals surface area contributed by atoms with Gasteiger partial charge in [0.15, 0.2) is 6.61 Å². The van der Waals surface area contributed by atoms with Crippen LogP contribution < -0.4 is 10.1 Å². The number of ether oxygens (including phenoxy) is 2. The van der Waals surface area contributed by atoms with Crippen LogP contribution in [-0.4, -0.2) is 55.8 Å². The third-order valence-electron chi connectivity index (χ3n) is 4.35. The molecule has 1 amide bonds. The molecule has 2 fully saturated rings. The van der Waals surface area contributed by atoms with Gasteiger partial charge in [-0.3, -0.25) is 9.69 Å². The van der Waals surface area contributed by atoms with Gasteiger partial charge in [0.2, 0.25) is 0 Å². The van der Waals surface area contributed by atoms with Crippen molar-refractivity contribution in [1.29, 1.82) is 0 Å². The number of hydrogen-bond acceptors (Lipinski definition) is 4. The number of fused-ring (bicyclic) bond motifs is 1. The molecule has 2 atom stereocenters. The highest BCUT2D eigenvalue weighted by Gasteiger charge is 2.32. The van der Waals surface area contributed by atoms with Gasteiger partial charge in [0, 0.05) is 19.1 Å². The fourth-order valence-corrected chi connectivity index (χ4v) is 3.14. The van der Waals surface area contributed by atoms with E-state index in [2.05, 4.69) is 10.2 Å². The van der Waals surface area contributed by atoms with Crippen molar-refractivity contribution in [2.45, 2.75) is 31.9 Å². The number of carbonyl (C=O) groups excluding carboxylic acids is 1. The minimum Gasteiger partial charge on any atom is -0.484 e. The Morgan fingerprint density at radius 3 is 3.27 bits per heavy atom. The lowest BCUT2D eigenvalue weighted by molar-refractivity contribution is -0.124. The maximum absolute atomic E-state index is 11.9. The van der Waals surface area contributed by atoms with E-state index in [1.54, 1.807) is 0 Å². The number of morpholine rings is 1. The molecule has 1 aromatic carbocycles. The maximum atomic E-state index is 11.9. The molecule has 0 radical (unpaired) electrons. The third kappa shape index (κ3) is 3.99. The molecule has 0 spiro atoms. The highest BCUT2D eigenvalue weighted by molar-refractivity contribution is 5.77. The van der Waals surface area contributed by atoms with Crippen LogP contribution in [0.1, 0.15) is 18.4 Å². The van der Waals surface area contributed by atoms with Gasteiger partial charge in [0.25, 0.3) is 5.91 Å². The zero-order valence-corrected chi connectivity index (χ0v) is 13.1. The quantitative estimate of drug-likeness (QED) is 0.892. The van der Waals surface area contributed by atoms with Crippen LogP contribution in [0.2, 0.25) is 0 Å². The molecule has 0 saturated carbocycles. The Hall–Kier alpha value is -1.59. The van der Waals surface area contributed by atoms with E-state index in [-0.39, 0.29) is 18.6 Å². The van der Waals surface area contributed by atoms with Crippen LogP contribution in [0.4, 0.5) is 0 Å². The van der Waals surface area contributed by atoms with Crippen molar-refractivity contribution in [2.75, 3.05) is 32.8 Å². The predicted octanol–water partition coefficient (Wildman–Crippen LogP) is 1.35. The number of hydrogen-bond donors (Lipinski definition) is 1. The van der Waals surface area contributed by atoms with Crippen molar-refractivity contribution < 1.29 is 14.3 Å². The average Bonchev–Trinajstić information content (AvgIpc) is 2.98. The van der Waals surface area contributed by atoms with Gasteiger partial charge >= 0.3 is 0 Å². The second kappa shape index (κ2) is 7.11. The van der Waals surface area contributed by atoms with E-state index < -0.39 is 0 Å². The minimum atomic E-state index is -0.103. The molecular formula is C17H24N2O3.